The number of carbonyl (C=O) groups is 1. The summed E-state index contributed by atoms with van der Waals surface area (Å²) < 4.78 is 5.35. The molecule has 1 aliphatic heterocycles. The second-order valence-corrected chi connectivity index (χ2v) is 7.64. The Morgan fingerprint density at radius 1 is 1.15 bits per heavy atom. The maximum absolute atomic E-state index is 12.2. The topological polar surface area (TPSA) is 61.8 Å². The van der Waals surface area contributed by atoms with Crippen LogP contribution < -0.4 is 5.32 Å². The lowest BCUT2D eigenvalue weighted by Crippen LogP contribution is -2.37. The number of anilines is 1. The van der Waals surface area contributed by atoms with Gasteiger partial charge in [0.15, 0.2) is 0 Å². The van der Waals surface area contributed by atoms with Gasteiger partial charge in [0.2, 0.25) is 5.91 Å². The van der Waals surface area contributed by atoms with Crippen molar-refractivity contribution in [3.8, 4) is 0 Å². The Balaban J connectivity index is 1.42. The predicted molar refractivity (Wildman–Crippen MR) is 103 cm³/mol. The molecule has 1 saturated heterocycles. The lowest BCUT2D eigenvalue weighted by atomic mass is 9.87. The van der Waals surface area contributed by atoms with Crippen molar-refractivity contribution in [2.75, 3.05) is 38.2 Å². The van der Waals surface area contributed by atoms with Crippen molar-refractivity contribution in [1.82, 2.24) is 4.90 Å². The minimum Gasteiger partial charge on any atom is -0.388 e. The van der Waals surface area contributed by atoms with E-state index in [9.17, 15) is 9.90 Å². The first-order valence-corrected chi connectivity index (χ1v) is 10.1. The summed E-state index contributed by atoms with van der Waals surface area (Å²) in [5.41, 5.74) is 1.72. The highest BCUT2D eigenvalue weighted by Gasteiger charge is 2.17. The molecular formula is C21H32N2O3. The first-order chi connectivity index (χ1) is 12.7. The molecular weight excluding hydrogens is 328 g/mol. The van der Waals surface area contributed by atoms with Gasteiger partial charge in [0.25, 0.3) is 0 Å². The van der Waals surface area contributed by atoms with Crippen molar-refractivity contribution >= 4 is 11.6 Å². The fraction of sp³-hybridized carbons (Fsp3) is 0.667. The third kappa shape index (κ3) is 6.08. The molecule has 5 heteroatoms. The van der Waals surface area contributed by atoms with Gasteiger partial charge in [-0.2, -0.15) is 0 Å². The number of aliphatic hydroxyl groups is 1. The molecule has 1 aromatic rings. The van der Waals surface area contributed by atoms with Gasteiger partial charge < -0.3 is 15.2 Å². The summed E-state index contributed by atoms with van der Waals surface area (Å²) in [4.78, 5) is 14.5. The minimum atomic E-state index is -0.468. The number of hydrogen-bond acceptors (Lipinski definition) is 4. The normalized spacial score (nSPS) is 20.7. The van der Waals surface area contributed by atoms with E-state index in [4.69, 9.17) is 4.74 Å². The zero-order valence-electron chi connectivity index (χ0n) is 15.7. The number of ether oxygens (including phenoxy) is 1. The van der Waals surface area contributed by atoms with Crippen molar-refractivity contribution in [2.45, 2.75) is 51.0 Å². The van der Waals surface area contributed by atoms with Crippen molar-refractivity contribution in [2.24, 2.45) is 5.92 Å². The number of carbonyl (C=O) groups excluding carboxylic acids is 1. The van der Waals surface area contributed by atoms with Crippen LogP contribution in [0.25, 0.3) is 0 Å². The smallest absolute Gasteiger partial charge is 0.224 e. The summed E-state index contributed by atoms with van der Waals surface area (Å²) in [6, 6.07) is 7.62. The van der Waals surface area contributed by atoms with Gasteiger partial charge in [-0.05, 0) is 42.9 Å². The molecule has 2 fully saturated rings. The largest absolute Gasteiger partial charge is 0.388 e. The van der Waals surface area contributed by atoms with Gasteiger partial charge in [0, 0.05) is 31.7 Å². The molecule has 1 atom stereocenters. The Hall–Kier alpha value is -1.43. The molecule has 144 valence electrons. The summed E-state index contributed by atoms with van der Waals surface area (Å²) in [6.45, 7) is 4.33. The van der Waals surface area contributed by atoms with Gasteiger partial charge in [-0.15, -0.1) is 0 Å². The molecule has 1 aromatic carbocycles. The lowest BCUT2D eigenvalue weighted by Gasteiger charge is -2.27. The Labute approximate surface area is 156 Å². The van der Waals surface area contributed by atoms with Gasteiger partial charge in [-0.25, -0.2) is 0 Å². The summed E-state index contributed by atoms with van der Waals surface area (Å²) in [5.74, 6) is 0.655. The number of morpholine rings is 1. The van der Waals surface area contributed by atoms with Crippen molar-refractivity contribution in [3.05, 3.63) is 29.8 Å². The molecule has 0 spiro atoms. The van der Waals surface area contributed by atoms with E-state index in [1.165, 1.54) is 32.1 Å². The lowest BCUT2D eigenvalue weighted by molar-refractivity contribution is -0.117. The molecule has 1 unspecified atom stereocenters. The van der Waals surface area contributed by atoms with E-state index >= 15 is 0 Å². The maximum atomic E-state index is 12.2. The Kier molecular flexibility index (Phi) is 7.47. The Morgan fingerprint density at radius 3 is 2.54 bits per heavy atom. The van der Waals surface area contributed by atoms with Gasteiger partial charge in [0.1, 0.15) is 0 Å². The number of amides is 1. The van der Waals surface area contributed by atoms with Gasteiger partial charge in [0.05, 0.1) is 19.3 Å². The van der Waals surface area contributed by atoms with E-state index in [1.54, 1.807) is 0 Å². The predicted octanol–water partition coefficient (Wildman–Crippen LogP) is 3.35. The van der Waals surface area contributed by atoms with Gasteiger partial charge in [-0.3, -0.25) is 9.69 Å². The number of hydrogen-bond donors (Lipinski definition) is 2. The third-order valence-electron chi connectivity index (χ3n) is 5.60. The monoisotopic (exact) mass is 360 g/mol. The molecule has 2 N–H and O–H groups in total. The quantitative estimate of drug-likeness (QED) is 0.783. The van der Waals surface area contributed by atoms with Gasteiger partial charge >= 0.3 is 0 Å². The third-order valence-corrected chi connectivity index (χ3v) is 5.60. The molecule has 0 bridgehead atoms. The molecule has 2 aliphatic rings. The first-order valence-electron chi connectivity index (χ1n) is 10.1. The highest BCUT2D eigenvalue weighted by atomic mass is 16.5. The van der Waals surface area contributed by atoms with Crippen LogP contribution in [0.3, 0.4) is 0 Å². The average Bonchev–Trinajstić information content (AvgIpc) is 2.68. The summed E-state index contributed by atoms with van der Waals surface area (Å²) >= 11 is 0. The van der Waals surface area contributed by atoms with Crippen molar-refractivity contribution < 1.29 is 14.6 Å². The summed E-state index contributed by atoms with van der Waals surface area (Å²) in [6.07, 6.45) is 7.07. The summed E-state index contributed by atoms with van der Waals surface area (Å²) in [5, 5.41) is 13.4. The standard InChI is InChI=1S/C21H32N2O3/c24-20(10-11-23-12-14-26-15-13-23)18-6-8-19(9-7-18)22-21(25)16-17-4-2-1-3-5-17/h6-9,17,20,24H,1-5,10-16H2,(H,22,25). The van der Waals surface area contributed by atoms with Crippen LogP contribution in [0.1, 0.15) is 56.6 Å². The number of aliphatic hydroxyl groups excluding tert-OH is 1. The number of nitrogens with one attached hydrogen (secondary N) is 1. The average molecular weight is 360 g/mol. The Morgan fingerprint density at radius 2 is 1.85 bits per heavy atom. The molecule has 0 aromatic heterocycles. The van der Waals surface area contributed by atoms with Crippen molar-refractivity contribution in [1.29, 1.82) is 0 Å². The van der Waals surface area contributed by atoms with E-state index in [0.29, 0.717) is 18.8 Å². The molecule has 26 heavy (non-hydrogen) atoms. The van der Waals surface area contributed by atoms with Crippen LogP contribution in [0.15, 0.2) is 24.3 Å². The zero-order valence-corrected chi connectivity index (χ0v) is 15.7. The zero-order chi connectivity index (χ0) is 18.2. The van der Waals surface area contributed by atoms with Crippen LogP contribution >= 0.6 is 0 Å². The SMILES string of the molecule is O=C(CC1CCCCC1)Nc1ccc(C(O)CCN2CCOCC2)cc1. The molecule has 1 heterocycles. The molecule has 0 radical (unpaired) electrons. The molecule has 1 saturated carbocycles. The highest BCUT2D eigenvalue weighted by molar-refractivity contribution is 5.90. The van der Waals surface area contributed by atoms with Crippen LogP contribution in [-0.2, 0) is 9.53 Å². The van der Waals surface area contributed by atoms with Crippen LogP contribution in [0.4, 0.5) is 5.69 Å². The number of rotatable bonds is 7. The van der Waals surface area contributed by atoms with E-state index in [-0.39, 0.29) is 5.91 Å². The van der Waals surface area contributed by atoms with Crippen molar-refractivity contribution in [3.63, 3.8) is 0 Å². The van der Waals surface area contributed by atoms with Gasteiger partial charge in [-0.1, -0.05) is 31.4 Å². The fourth-order valence-corrected chi connectivity index (χ4v) is 3.95. The molecule has 5 nitrogen and oxygen atoms in total. The summed E-state index contributed by atoms with van der Waals surface area (Å²) in [7, 11) is 0. The van der Waals surface area contributed by atoms with E-state index in [1.807, 2.05) is 24.3 Å². The van der Waals surface area contributed by atoms with E-state index in [0.717, 1.165) is 44.1 Å². The maximum Gasteiger partial charge on any atom is 0.224 e. The first kappa shape index (κ1) is 19.3. The van der Waals surface area contributed by atoms with E-state index in [2.05, 4.69) is 10.2 Å². The number of benzene rings is 1. The van der Waals surface area contributed by atoms with Crippen LogP contribution in [-0.4, -0.2) is 48.8 Å². The second kappa shape index (κ2) is 10.0. The van der Waals surface area contributed by atoms with E-state index < -0.39 is 6.10 Å². The molecule has 3 rings (SSSR count). The van der Waals surface area contributed by atoms with Crippen LogP contribution in [0, 0.1) is 5.92 Å². The molecule has 1 amide bonds. The highest BCUT2D eigenvalue weighted by Crippen LogP contribution is 2.27. The fourth-order valence-electron chi connectivity index (χ4n) is 3.95. The molecule has 1 aliphatic carbocycles. The van der Waals surface area contributed by atoms with Crippen LogP contribution in [0.5, 0.6) is 0 Å². The van der Waals surface area contributed by atoms with Crippen LogP contribution in [0.2, 0.25) is 0 Å². The second-order valence-electron chi connectivity index (χ2n) is 7.64. The number of nitrogens with zero attached hydrogens (tertiary/aromatic N) is 1. The Bertz CT molecular complexity index is 549. The minimum absolute atomic E-state index is 0.109.